The van der Waals surface area contributed by atoms with Gasteiger partial charge in [0.05, 0.1) is 7.06 Å². The number of pyridine rings is 1. The first kappa shape index (κ1) is 8.27. The Kier molecular flexibility index (Phi) is 2.36. The summed E-state index contributed by atoms with van der Waals surface area (Å²) < 4.78 is 7.79. The second-order valence-corrected chi connectivity index (χ2v) is 3.55. The molecule has 0 saturated carbocycles. The molecule has 1 heterocycles. The number of hydrogen-bond acceptors (Lipinski definition) is 1. The first-order valence-corrected chi connectivity index (χ1v) is 4.82. The zero-order chi connectivity index (χ0) is 10.8. The van der Waals surface area contributed by atoms with Gasteiger partial charge in [-0.05, 0) is 24.2 Å². The largest absolute Gasteiger partial charge is 0.236 e. The van der Waals surface area contributed by atoms with Crippen LogP contribution in [-0.2, 0) is 0 Å². The van der Waals surface area contributed by atoms with E-state index in [0.717, 1.165) is 0 Å². The standard InChI is InChI=1S/C11H7Cl2N/c12-9-4-1-3-8(7-9)10-5-2-6-11(13)14-10/h1-7H/i7D. The minimum Gasteiger partial charge on any atom is -0.236 e. The predicted octanol–water partition coefficient (Wildman–Crippen LogP) is 4.06. The van der Waals surface area contributed by atoms with Gasteiger partial charge in [-0.15, -0.1) is 0 Å². The normalized spacial score (nSPS) is 11.1. The SMILES string of the molecule is [2H]c1c(Cl)cccc1-c1cccc(Cl)n1. The van der Waals surface area contributed by atoms with E-state index >= 15 is 0 Å². The smallest absolute Gasteiger partial charge is 0.129 e. The average molecular weight is 225 g/mol. The first-order valence-electron chi connectivity index (χ1n) is 4.56. The van der Waals surface area contributed by atoms with Crippen LogP contribution in [0.4, 0.5) is 0 Å². The van der Waals surface area contributed by atoms with Crippen LogP contribution < -0.4 is 0 Å². The lowest BCUT2D eigenvalue weighted by Crippen LogP contribution is -1.82. The highest BCUT2D eigenvalue weighted by molar-refractivity contribution is 6.31. The molecule has 0 bridgehead atoms. The van der Waals surface area contributed by atoms with E-state index in [-0.39, 0.29) is 6.04 Å². The van der Waals surface area contributed by atoms with E-state index in [2.05, 4.69) is 4.98 Å². The third-order valence-electron chi connectivity index (χ3n) is 1.75. The topological polar surface area (TPSA) is 12.9 Å². The van der Waals surface area contributed by atoms with E-state index in [0.29, 0.717) is 21.4 Å². The van der Waals surface area contributed by atoms with E-state index in [4.69, 9.17) is 24.6 Å². The Labute approximate surface area is 93.7 Å². The van der Waals surface area contributed by atoms with Gasteiger partial charge in [-0.3, -0.25) is 0 Å². The second kappa shape index (κ2) is 3.99. The summed E-state index contributed by atoms with van der Waals surface area (Å²) in [4.78, 5) is 4.13. The molecule has 70 valence electrons. The van der Waals surface area contributed by atoms with E-state index in [9.17, 15) is 0 Å². The fraction of sp³-hybridized carbons (Fsp3) is 0. The van der Waals surface area contributed by atoms with Gasteiger partial charge < -0.3 is 0 Å². The summed E-state index contributed by atoms with van der Waals surface area (Å²) in [7, 11) is 0. The number of hydrogen-bond donors (Lipinski definition) is 0. The molecule has 0 unspecified atom stereocenters. The number of aromatic nitrogens is 1. The van der Waals surface area contributed by atoms with Crippen molar-refractivity contribution in [2.24, 2.45) is 0 Å². The summed E-state index contributed by atoms with van der Waals surface area (Å²) in [6.45, 7) is 0. The van der Waals surface area contributed by atoms with Crippen LogP contribution in [0.15, 0.2) is 42.4 Å². The Hall–Kier alpha value is -1.05. The molecular formula is C11H7Cl2N. The third kappa shape index (κ3) is 2.06. The van der Waals surface area contributed by atoms with Crippen LogP contribution in [0.5, 0.6) is 0 Å². The summed E-state index contributed by atoms with van der Waals surface area (Å²) in [6.07, 6.45) is 0. The Morgan fingerprint density at radius 1 is 1.07 bits per heavy atom. The second-order valence-electron chi connectivity index (χ2n) is 2.76. The number of nitrogens with zero attached hydrogens (tertiary/aromatic N) is 1. The lowest BCUT2D eigenvalue weighted by molar-refractivity contribution is 1.33. The van der Waals surface area contributed by atoms with Gasteiger partial charge in [-0.1, -0.05) is 41.4 Å². The number of benzene rings is 1. The molecule has 0 atom stereocenters. The van der Waals surface area contributed by atoms with E-state index in [1.54, 1.807) is 36.4 Å². The molecule has 0 fully saturated rings. The van der Waals surface area contributed by atoms with Gasteiger partial charge in [-0.2, -0.15) is 0 Å². The Morgan fingerprint density at radius 3 is 2.64 bits per heavy atom. The highest BCUT2D eigenvalue weighted by Crippen LogP contribution is 2.21. The van der Waals surface area contributed by atoms with Crippen molar-refractivity contribution >= 4 is 23.2 Å². The van der Waals surface area contributed by atoms with Crippen LogP contribution >= 0.6 is 23.2 Å². The average Bonchev–Trinajstić information content (AvgIpc) is 2.22. The lowest BCUT2D eigenvalue weighted by Gasteiger charge is -2.00. The first-order chi connectivity index (χ1) is 7.18. The molecule has 2 rings (SSSR count). The molecule has 1 aromatic carbocycles. The zero-order valence-electron chi connectivity index (χ0n) is 8.17. The summed E-state index contributed by atoms with van der Waals surface area (Å²) >= 11 is 11.6. The van der Waals surface area contributed by atoms with Crippen molar-refractivity contribution in [1.29, 1.82) is 0 Å². The quantitative estimate of drug-likeness (QED) is 0.667. The van der Waals surface area contributed by atoms with E-state index in [1.165, 1.54) is 0 Å². The Bertz CT molecular complexity index is 500. The van der Waals surface area contributed by atoms with Crippen LogP contribution in [0.1, 0.15) is 1.37 Å². The molecule has 1 nitrogen and oxygen atoms in total. The van der Waals surface area contributed by atoms with Crippen LogP contribution in [0.2, 0.25) is 10.2 Å². The van der Waals surface area contributed by atoms with E-state index in [1.807, 2.05) is 0 Å². The van der Waals surface area contributed by atoms with Crippen LogP contribution in [0.3, 0.4) is 0 Å². The Morgan fingerprint density at radius 2 is 1.86 bits per heavy atom. The summed E-state index contributed by atoms with van der Waals surface area (Å²) in [5, 5.41) is 0.821. The monoisotopic (exact) mass is 224 g/mol. The third-order valence-corrected chi connectivity index (χ3v) is 2.18. The van der Waals surface area contributed by atoms with Gasteiger partial charge in [0, 0.05) is 10.6 Å². The molecule has 0 aliphatic carbocycles. The summed E-state index contributed by atoms with van der Waals surface area (Å²) in [6, 6.07) is 10.8. The molecule has 1 aromatic heterocycles. The van der Waals surface area contributed by atoms with Gasteiger partial charge in [0.15, 0.2) is 0 Å². The highest BCUT2D eigenvalue weighted by Gasteiger charge is 1.99. The van der Waals surface area contributed by atoms with Crippen molar-refractivity contribution in [3.63, 3.8) is 0 Å². The maximum Gasteiger partial charge on any atom is 0.129 e. The minimum atomic E-state index is 0.272. The van der Waals surface area contributed by atoms with Crippen LogP contribution in [0.25, 0.3) is 11.3 Å². The Balaban J connectivity index is 2.59. The van der Waals surface area contributed by atoms with Crippen molar-refractivity contribution in [2.75, 3.05) is 0 Å². The molecule has 0 N–H and O–H groups in total. The van der Waals surface area contributed by atoms with Gasteiger partial charge in [-0.25, -0.2) is 4.98 Å². The molecule has 0 aliphatic rings. The van der Waals surface area contributed by atoms with Crippen molar-refractivity contribution < 1.29 is 1.37 Å². The van der Waals surface area contributed by atoms with Crippen LogP contribution in [0, 0.1) is 0 Å². The summed E-state index contributed by atoms with van der Waals surface area (Å²) in [5.74, 6) is 0. The van der Waals surface area contributed by atoms with Crippen LogP contribution in [-0.4, -0.2) is 4.98 Å². The maximum atomic E-state index is 7.79. The molecule has 3 heteroatoms. The van der Waals surface area contributed by atoms with E-state index < -0.39 is 0 Å². The van der Waals surface area contributed by atoms with Crippen molar-refractivity contribution in [3.8, 4) is 11.3 Å². The van der Waals surface area contributed by atoms with Gasteiger partial charge in [0.1, 0.15) is 5.15 Å². The lowest BCUT2D eigenvalue weighted by atomic mass is 10.1. The maximum absolute atomic E-state index is 7.79. The summed E-state index contributed by atoms with van der Waals surface area (Å²) in [5.41, 5.74) is 1.35. The van der Waals surface area contributed by atoms with Gasteiger partial charge in [0.2, 0.25) is 0 Å². The highest BCUT2D eigenvalue weighted by atomic mass is 35.5. The fourth-order valence-electron chi connectivity index (χ4n) is 1.15. The number of rotatable bonds is 1. The number of halogens is 2. The molecule has 2 aromatic rings. The molecule has 14 heavy (non-hydrogen) atoms. The molecule has 0 spiro atoms. The predicted molar refractivity (Wildman–Crippen MR) is 59.7 cm³/mol. The zero-order valence-corrected chi connectivity index (χ0v) is 8.68. The molecular weight excluding hydrogens is 217 g/mol. The molecule has 0 radical (unpaired) electrons. The molecule has 0 aliphatic heterocycles. The fourth-order valence-corrected chi connectivity index (χ4v) is 1.49. The van der Waals surface area contributed by atoms with Crippen molar-refractivity contribution in [2.45, 2.75) is 0 Å². The van der Waals surface area contributed by atoms with Crippen molar-refractivity contribution in [3.05, 3.63) is 52.6 Å². The van der Waals surface area contributed by atoms with Gasteiger partial charge >= 0.3 is 0 Å². The molecule has 0 saturated heterocycles. The minimum absolute atomic E-state index is 0.272. The van der Waals surface area contributed by atoms with Crippen molar-refractivity contribution in [1.82, 2.24) is 4.98 Å². The molecule has 0 amide bonds. The van der Waals surface area contributed by atoms with Gasteiger partial charge in [0.25, 0.3) is 0 Å².